The van der Waals surface area contributed by atoms with Gasteiger partial charge in [0.1, 0.15) is 0 Å². The number of rotatable bonds is 4. The van der Waals surface area contributed by atoms with Crippen molar-refractivity contribution in [3.63, 3.8) is 0 Å². The molecule has 2 atom stereocenters. The average Bonchev–Trinajstić information content (AvgIpc) is 2.87. The Morgan fingerprint density at radius 3 is 2.85 bits per heavy atom. The molecule has 0 aliphatic heterocycles. The minimum atomic E-state index is -0.478. The number of hydrogen-bond acceptors (Lipinski definition) is 4. The minimum absolute atomic E-state index is 0. The molecule has 0 aromatic heterocycles. The number of anilines is 1. The number of nitrogens with two attached hydrogens (primary N) is 1. The summed E-state index contributed by atoms with van der Waals surface area (Å²) < 4.78 is 0. The van der Waals surface area contributed by atoms with Gasteiger partial charge in [-0.3, -0.25) is 14.9 Å². The number of carbonyl (C=O) groups is 1. The number of amides is 1. The summed E-state index contributed by atoms with van der Waals surface area (Å²) in [7, 11) is 0. The van der Waals surface area contributed by atoms with Crippen LogP contribution in [0.5, 0.6) is 0 Å². The second kappa shape index (κ2) is 7.21. The van der Waals surface area contributed by atoms with E-state index in [1.54, 1.807) is 12.1 Å². The fourth-order valence-electron chi connectivity index (χ4n) is 2.60. The van der Waals surface area contributed by atoms with E-state index in [0.717, 1.165) is 19.3 Å². The molecular formula is C13H18ClN3O3. The smallest absolute Gasteiger partial charge is 0.271 e. The highest BCUT2D eigenvalue weighted by molar-refractivity contribution is 5.93. The van der Waals surface area contributed by atoms with E-state index in [4.69, 9.17) is 5.73 Å². The first-order valence-corrected chi connectivity index (χ1v) is 6.37. The highest BCUT2D eigenvalue weighted by Crippen LogP contribution is 2.32. The quantitative estimate of drug-likeness (QED) is 0.658. The summed E-state index contributed by atoms with van der Waals surface area (Å²) in [6.07, 6.45) is 2.82. The molecule has 0 bridgehead atoms. The lowest BCUT2D eigenvalue weighted by molar-refractivity contribution is -0.384. The molecule has 0 unspecified atom stereocenters. The third kappa shape index (κ3) is 3.68. The molecule has 0 heterocycles. The number of benzene rings is 1. The molecule has 1 aliphatic carbocycles. The lowest BCUT2D eigenvalue weighted by Gasteiger charge is -2.17. The van der Waals surface area contributed by atoms with E-state index < -0.39 is 4.92 Å². The van der Waals surface area contributed by atoms with Crippen molar-refractivity contribution in [3.05, 3.63) is 34.4 Å². The van der Waals surface area contributed by atoms with Crippen LogP contribution in [0.25, 0.3) is 0 Å². The molecule has 7 heteroatoms. The Bertz CT molecular complexity index is 496. The highest BCUT2D eigenvalue weighted by Gasteiger charge is 2.31. The Morgan fingerprint density at radius 1 is 1.45 bits per heavy atom. The SMILES string of the molecule is Cl.NC[C@H]1CCC[C@H]1C(=O)Nc1cccc([N+](=O)[O-])c1. The van der Waals surface area contributed by atoms with E-state index in [2.05, 4.69) is 5.32 Å². The van der Waals surface area contributed by atoms with E-state index in [-0.39, 0.29) is 35.8 Å². The second-order valence-corrected chi connectivity index (χ2v) is 4.83. The maximum atomic E-state index is 12.1. The fourth-order valence-corrected chi connectivity index (χ4v) is 2.60. The highest BCUT2D eigenvalue weighted by atomic mass is 35.5. The third-order valence-corrected chi connectivity index (χ3v) is 3.62. The predicted molar refractivity (Wildman–Crippen MR) is 78.9 cm³/mol. The van der Waals surface area contributed by atoms with Gasteiger partial charge in [0.2, 0.25) is 5.91 Å². The fraction of sp³-hybridized carbons (Fsp3) is 0.462. The van der Waals surface area contributed by atoms with Gasteiger partial charge < -0.3 is 11.1 Å². The topological polar surface area (TPSA) is 98.3 Å². The summed E-state index contributed by atoms with van der Waals surface area (Å²) in [5.41, 5.74) is 6.08. The number of halogens is 1. The number of nitro groups is 1. The molecule has 0 spiro atoms. The summed E-state index contributed by atoms with van der Waals surface area (Å²) in [5, 5.41) is 13.4. The van der Waals surface area contributed by atoms with E-state index >= 15 is 0 Å². The molecule has 1 fully saturated rings. The van der Waals surface area contributed by atoms with Gasteiger partial charge in [0.05, 0.1) is 4.92 Å². The molecule has 2 rings (SSSR count). The van der Waals surface area contributed by atoms with Gasteiger partial charge in [0, 0.05) is 23.7 Å². The summed E-state index contributed by atoms with van der Waals surface area (Å²) in [4.78, 5) is 22.3. The molecule has 0 saturated heterocycles. The van der Waals surface area contributed by atoms with Crippen LogP contribution >= 0.6 is 12.4 Å². The van der Waals surface area contributed by atoms with Crippen molar-refractivity contribution < 1.29 is 9.72 Å². The summed E-state index contributed by atoms with van der Waals surface area (Å²) in [6, 6.07) is 5.97. The molecule has 1 amide bonds. The molecular weight excluding hydrogens is 282 g/mol. The van der Waals surface area contributed by atoms with E-state index in [9.17, 15) is 14.9 Å². The van der Waals surface area contributed by atoms with Gasteiger partial charge in [-0.25, -0.2) is 0 Å². The van der Waals surface area contributed by atoms with Gasteiger partial charge in [0.25, 0.3) is 5.69 Å². The van der Waals surface area contributed by atoms with Crippen LogP contribution in [-0.4, -0.2) is 17.4 Å². The molecule has 0 radical (unpaired) electrons. The van der Waals surface area contributed by atoms with Crippen molar-refractivity contribution in [1.29, 1.82) is 0 Å². The molecule has 20 heavy (non-hydrogen) atoms. The van der Waals surface area contributed by atoms with Gasteiger partial charge in [-0.05, 0) is 31.4 Å². The zero-order valence-electron chi connectivity index (χ0n) is 11.0. The van der Waals surface area contributed by atoms with Crippen LogP contribution in [0, 0.1) is 22.0 Å². The first-order valence-electron chi connectivity index (χ1n) is 6.37. The van der Waals surface area contributed by atoms with E-state index in [1.807, 2.05) is 0 Å². The monoisotopic (exact) mass is 299 g/mol. The van der Waals surface area contributed by atoms with Crippen molar-refractivity contribution >= 4 is 29.7 Å². The summed E-state index contributed by atoms with van der Waals surface area (Å²) in [6.45, 7) is 0.507. The zero-order chi connectivity index (χ0) is 13.8. The zero-order valence-corrected chi connectivity index (χ0v) is 11.8. The second-order valence-electron chi connectivity index (χ2n) is 4.83. The average molecular weight is 300 g/mol. The first-order chi connectivity index (χ1) is 9.11. The minimum Gasteiger partial charge on any atom is -0.330 e. The number of hydrogen-bond donors (Lipinski definition) is 2. The molecule has 6 nitrogen and oxygen atoms in total. The van der Waals surface area contributed by atoms with Crippen molar-refractivity contribution in [2.24, 2.45) is 17.6 Å². The van der Waals surface area contributed by atoms with Crippen molar-refractivity contribution in [2.45, 2.75) is 19.3 Å². The van der Waals surface area contributed by atoms with Gasteiger partial charge in [0.15, 0.2) is 0 Å². The molecule has 1 aliphatic rings. The lowest BCUT2D eigenvalue weighted by atomic mass is 9.95. The van der Waals surface area contributed by atoms with Gasteiger partial charge in [-0.1, -0.05) is 12.5 Å². The van der Waals surface area contributed by atoms with Crippen molar-refractivity contribution in [2.75, 3.05) is 11.9 Å². The number of nitro benzene ring substituents is 1. The van der Waals surface area contributed by atoms with E-state index in [0.29, 0.717) is 12.2 Å². The Morgan fingerprint density at radius 2 is 2.20 bits per heavy atom. The first kappa shape index (κ1) is 16.4. The van der Waals surface area contributed by atoms with Crippen LogP contribution < -0.4 is 11.1 Å². The third-order valence-electron chi connectivity index (χ3n) is 3.62. The Balaban J connectivity index is 0.00000200. The summed E-state index contributed by atoms with van der Waals surface area (Å²) in [5.74, 6) is 0.0522. The lowest BCUT2D eigenvalue weighted by Crippen LogP contribution is -2.29. The number of nitrogens with one attached hydrogen (secondary N) is 1. The molecule has 1 saturated carbocycles. The maximum Gasteiger partial charge on any atom is 0.271 e. The number of nitrogens with zero attached hydrogens (tertiary/aromatic N) is 1. The standard InChI is InChI=1S/C13H17N3O3.ClH/c14-8-9-3-1-6-12(9)13(17)15-10-4-2-5-11(7-10)16(18)19;/h2,4-5,7,9,12H,1,3,6,8,14H2,(H,15,17);1H/t9-,12-;/m1./s1. The maximum absolute atomic E-state index is 12.1. The van der Waals surface area contributed by atoms with Crippen molar-refractivity contribution in [3.8, 4) is 0 Å². The van der Waals surface area contributed by atoms with Crippen molar-refractivity contribution in [1.82, 2.24) is 0 Å². The van der Waals surface area contributed by atoms with Crippen LogP contribution in [0.4, 0.5) is 11.4 Å². The van der Waals surface area contributed by atoms with Crippen LogP contribution in [0.3, 0.4) is 0 Å². The summed E-state index contributed by atoms with van der Waals surface area (Å²) >= 11 is 0. The van der Waals surface area contributed by atoms with Crippen LogP contribution in [-0.2, 0) is 4.79 Å². The van der Waals surface area contributed by atoms with Gasteiger partial charge in [-0.15, -0.1) is 12.4 Å². The van der Waals surface area contributed by atoms with Crippen LogP contribution in [0.2, 0.25) is 0 Å². The number of non-ortho nitro benzene ring substituents is 1. The molecule has 1 aromatic rings. The number of carbonyl (C=O) groups excluding carboxylic acids is 1. The predicted octanol–water partition coefficient (Wildman–Crippen LogP) is 2.33. The molecule has 110 valence electrons. The molecule has 3 N–H and O–H groups in total. The largest absolute Gasteiger partial charge is 0.330 e. The van der Waals surface area contributed by atoms with Crippen LogP contribution in [0.15, 0.2) is 24.3 Å². The Labute approximate surface area is 123 Å². The van der Waals surface area contributed by atoms with E-state index in [1.165, 1.54) is 12.1 Å². The van der Waals surface area contributed by atoms with Gasteiger partial charge >= 0.3 is 0 Å². The Kier molecular flexibility index (Phi) is 5.91. The molecule has 1 aromatic carbocycles. The normalized spacial score (nSPS) is 21.1. The Hall–Kier alpha value is -1.66. The van der Waals surface area contributed by atoms with Crippen LogP contribution in [0.1, 0.15) is 19.3 Å². The van der Waals surface area contributed by atoms with Gasteiger partial charge in [-0.2, -0.15) is 0 Å².